The molecule has 0 aliphatic rings. The first kappa shape index (κ1) is 18.1. The highest BCUT2D eigenvalue weighted by molar-refractivity contribution is 14.1. The molecule has 0 radical (unpaired) electrons. The van der Waals surface area contributed by atoms with Crippen molar-refractivity contribution in [2.24, 2.45) is 0 Å². The monoisotopic (exact) mass is 370 g/mol. The van der Waals surface area contributed by atoms with Crippen molar-refractivity contribution in [3.05, 3.63) is 0 Å². The van der Waals surface area contributed by atoms with Crippen molar-refractivity contribution in [3.63, 3.8) is 0 Å². The van der Waals surface area contributed by atoms with Gasteiger partial charge >= 0.3 is 0 Å². The molecule has 18 heavy (non-hydrogen) atoms. The van der Waals surface area contributed by atoms with Crippen LogP contribution in [0.3, 0.4) is 0 Å². The maximum atomic E-state index is 12.0. The molecule has 0 saturated heterocycles. The molecule has 1 amide bonds. The zero-order valence-corrected chi connectivity index (χ0v) is 14.5. The Morgan fingerprint density at radius 1 is 1.22 bits per heavy atom. The van der Waals surface area contributed by atoms with Crippen LogP contribution in [0.25, 0.3) is 0 Å². The Labute approximate surface area is 126 Å². The van der Waals surface area contributed by atoms with E-state index in [-0.39, 0.29) is 0 Å². The van der Waals surface area contributed by atoms with E-state index in [9.17, 15) is 4.79 Å². The van der Waals surface area contributed by atoms with Gasteiger partial charge in [0.05, 0.1) is 27.7 Å². The topological polar surface area (TPSA) is 32.3 Å². The minimum atomic E-state index is 0.307. The second kappa shape index (κ2) is 9.97. The summed E-state index contributed by atoms with van der Waals surface area (Å²) < 4.78 is 1.87. The number of quaternary nitrogens is 1. The molecule has 1 N–H and O–H groups in total. The van der Waals surface area contributed by atoms with Crippen molar-refractivity contribution in [1.29, 1.82) is 0 Å². The predicted octanol–water partition coefficient (Wildman–Crippen LogP) is 1.35. The standard InChI is InChI=1S/C13H29IN3O/c1-15-9-5-10-16(13(18)7-8-14)11-6-12-17(2,3)4/h15H,5-12H2,1-4H3/q+1. The molecule has 0 fully saturated rings. The van der Waals surface area contributed by atoms with Gasteiger partial charge in [-0.25, -0.2) is 0 Å². The van der Waals surface area contributed by atoms with Gasteiger partial charge in [0, 0.05) is 30.4 Å². The third-order valence-corrected chi connectivity index (χ3v) is 3.31. The van der Waals surface area contributed by atoms with Gasteiger partial charge in [0.15, 0.2) is 0 Å². The highest BCUT2D eigenvalue weighted by Crippen LogP contribution is 2.03. The van der Waals surface area contributed by atoms with Gasteiger partial charge in [0.25, 0.3) is 0 Å². The summed E-state index contributed by atoms with van der Waals surface area (Å²) in [6.07, 6.45) is 2.79. The fraction of sp³-hybridized carbons (Fsp3) is 0.923. The summed E-state index contributed by atoms with van der Waals surface area (Å²) in [5, 5.41) is 3.13. The third kappa shape index (κ3) is 10.1. The van der Waals surface area contributed by atoms with Crippen LogP contribution >= 0.6 is 22.6 Å². The first-order valence-electron chi connectivity index (χ1n) is 6.69. The molecule has 4 nitrogen and oxygen atoms in total. The van der Waals surface area contributed by atoms with Gasteiger partial charge in [-0.15, -0.1) is 0 Å². The Hall–Kier alpha value is 0.120. The average Bonchev–Trinajstić information content (AvgIpc) is 2.26. The van der Waals surface area contributed by atoms with Gasteiger partial charge in [-0.1, -0.05) is 22.6 Å². The average molecular weight is 370 g/mol. The summed E-state index contributed by atoms with van der Waals surface area (Å²) in [5.41, 5.74) is 0. The summed E-state index contributed by atoms with van der Waals surface area (Å²) in [5.74, 6) is 0.307. The van der Waals surface area contributed by atoms with Gasteiger partial charge in [-0.3, -0.25) is 4.79 Å². The molecular weight excluding hydrogens is 341 g/mol. The molecule has 0 aliphatic carbocycles. The van der Waals surface area contributed by atoms with Crippen LogP contribution in [-0.4, -0.2) is 74.1 Å². The van der Waals surface area contributed by atoms with Crippen LogP contribution in [0, 0.1) is 0 Å². The van der Waals surface area contributed by atoms with Gasteiger partial charge in [0.2, 0.25) is 5.91 Å². The molecule has 0 rings (SSSR count). The number of halogens is 1. The van der Waals surface area contributed by atoms with Crippen molar-refractivity contribution in [3.8, 4) is 0 Å². The lowest BCUT2D eigenvalue weighted by Crippen LogP contribution is -2.39. The minimum Gasteiger partial charge on any atom is -0.342 e. The van der Waals surface area contributed by atoms with Crippen molar-refractivity contribution < 1.29 is 9.28 Å². The lowest BCUT2D eigenvalue weighted by Gasteiger charge is -2.27. The van der Waals surface area contributed by atoms with Crippen LogP contribution in [0.15, 0.2) is 0 Å². The van der Waals surface area contributed by atoms with E-state index in [1.807, 2.05) is 11.9 Å². The Kier molecular flexibility index (Phi) is 10.0. The molecule has 0 bridgehead atoms. The van der Waals surface area contributed by atoms with Crippen LogP contribution < -0.4 is 5.32 Å². The van der Waals surface area contributed by atoms with Crippen LogP contribution in [0.2, 0.25) is 0 Å². The molecule has 0 aliphatic heterocycles. The van der Waals surface area contributed by atoms with E-state index in [2.05, 4.69) is 49.1 Å². The molecule has 0 aromatic carbocycles. The van der Waals surface area contributed by atoms with Gasteiger partial charge in [0.1, 0.15) is 0 Å². The number of nitrogens with one attached hydrogen (secondary N) is 1. The summed E-state index contributed by atoms with van der Waals surface area (Å²) >= 11 is 2.27. The first-order chi connectivity index (χ1) is 8.40. The molecule has 0 saturated carbocycles. The van der Waals surface area contributed by atoms with Crippen molar-refractivity contribution in [2.45, 2.75) is 19.3 Å². The van der Waals surface area contributed by atoms with Crippen LogP contribution in [0.1, 0.15) is 19.3 Å². The van der Waals surface area contributed by atoms with E-state index in [0.29, 0.717) is 12.3 Å². The van der Waals surface area contributed by atoms with Crippen molar-refractivity contribution in [2.75, 3.05) is 58.8 Å². The number of hydrogen-bond donors (Lipinski definition) is 1. The zero-order chi connectivity index (χ0) is 14.0. The summed E-state index contributed by atoms with van der Waals surface area (Å²) in [4.78, 5) is 14.0. The normalized spacial score (nSPS) is 11.6. The molecule has 0 unspecified atom stereocenters. The van der Waals surface area contributed by atoms with Crippen LogP contribution in [0.5, 0.6) is 0 Å². The van der Waals surface area contributed by atoms with E-state index in [1.54, 1.807) is 0 Å². The van der Waals surface area contributed by atoms with Crippen molar-refractivity contribution >= 4 is 28.5 Å². The number of alkyl halides is 1. The molecule has 5 heteroatoms. The molecule has 0 spiro atoms. The Bertz CT molecular complexity index is 229. The van der Waals surface area contributed by atoms with Gasteiger partial charge in [-0.05, 0) is 20.0 Å². The third-order valence-electron chi connectivity index (χ3n) is 2.77. The SMILES string of the molecule is CNCCCN(CCC[N+](C)(C)C)C(=O)CCI. The van der Waals surface area contributed by atoms with Crippen LogP contribution in [0.4, 0.5) is 0 Å². The van der Waals surface area contributed by atoms with E-state index >= 15 is 0 Å². The first-order valence-corrected chi connectivity index (χ1v) is 8.22. The lowest BCUT2D eigenvalue weighted by molar-refractivity contribution is -0.870. The minimum absolute atomic E-state index is 0.307. The second-order valence-corrected chi connectivity index (χ2v) is 6.72. The fourth-order valence-electron chi connectivity index (χ4n) is 1.78. The lowest BCUT2D eigenvalue weighted by atomic mass is 10.3. The summed E-state index contributed by atoms with van der Waals surface area (Å²) in [7, 11) is 8.53. The molecule has 0 aromatic rings. The zero-order valence-electron chi connectivity index (χ0n) is 12.3. The number of hydrogen-bond acceptors (Lipinski definition) is 2. The molecular formula is C13H29IN3O+. The van der Waals surface area contributed by atoms with E-state index in [0.717, 1.165) is 47.9 Å². The highest BCUT2D eigenvalue weighted by atomic mass is 127. The molecule has 0 heterocycles. The number of carbonyl (C=O) groups excluding carboxylic acids is 1. The quantitative estimate of drug-likeness (QED) is 0.273. The maximum absolute atomic E-state index is 12.0. The predicted molar refractivity (Wildman–Crippen MR) is 86.1 cm³/mol. The maximum Gasteiger partial charge on any atom is 0.223 e. The molecule has 0 atom stereocenters. The number of carbonyl (C=O) groups is 1. The Morgan fingerprint density at radius 3 is 2.33 bits per heavy atom. The number of nitrogens with zero attached hydrogens (tertiary/aromatic N) is 2. The fourth-order valence-corrected chi connectivity index (χ4v) is 2.24. The van der Waals surface area contributed by atoms with Crippen LogP contribution in [-0.2, 0) is 4.79 Å². The number of amides is 1. The second-order valence-electron chi connectivity index (χ2n) is 5.64. The summed E-state index contributed by atoms with van der Waals surface area (Å²) in [6.45, 7) is 3.87. The Balaban J connectivity index is 4.07. The van der Waals surface area contributed by atoms with E-state index in [4.69, 9.17) is 0 Å². The molecule has 108 valence electrons. The highest BCUT2D eigenvalue weighted by Gasteiger charge is 2.14. The van der Waals surface area contributed by atoms with E-state index < -0.39 is 0 Å². The van der Waals surface area contributed by atoms with Gasteiger partial charge < -0.3 is 14.7 Å². The smallest absolute Gasteiger partial charge is 0.223 e. The number of rotatable bonds is 10. The Morgan fingerprint density at radius 2 is 1.83 bits per heavy atom. The van der Waals surface area contributed by atoms with Gasteiger partial charge in [-0.2, -0.15) is 0 Å². The molecule has 0 aromatic heterocycles. The largest absolute Gasteiger partial charge is 0.342 e. The van der Waals surface area contributed by atoms with E-state index in [1.165, 1.54) is 0 Å². The van der Waals surface area contributed by atoms with Crippen molar-refractivity contribution in [1.82, 2.24) is 10.2 Å². The summed E-state index contributed by atoms with van der Waals surface area (Å²) in [6, 6.07) is 0.